The Kier molecular flexibility index (Phi) is 3.82. The van der Waals surface area contributed by atoms with E-state index >= 15 is 0 Å². The number of imidazole rings is 1. The zero-order valence-electron chi connectivity index (χ0n) is 11.7. The maximum absolute atomic E-state index is 12.5. The number of hydrogen-bond acceptors (Lipinski definition) is 4. The maximum atomic E-state index is 12.5. The van der Waals surface area contributed by atoms with Gasteiger partial charge in [0.2, 0.25) is 10.0 Å². The van der Waals surface area contributed by atoms with Crippen molar-refractivity contribution in [2.24, 2.45) is 7.05 Å². The zero-order chi connectivity index (χ0) is 14.9. The topological polar surface area (TPSA) is 81.2 Å². The number of benzene rings is 1. The lowest BCUT2D eigenvalue weighted by molar-refractivity contribution is 0.451. The molecule has 0 unspecified atom stereocenters. The van der Waals surface area contributed by atoms with Gasteiger partial charge in [-0.3, -0.25) is 0 Å². The number of hydrogen-bond donors (Lipinski definition) is 1. The molecule has 1 heterocycles. The lowest BCUT2D eigenvalue weighted by Gasteiger charge is -2.17. The van der Waals surface area contributed by atoms with E-state index in [-0.39, 0.29) is 11.4 Å². The predicted octanol–water partition coefficient (Wildman–Crippen LogP) is 1.13. The van der Waals surface area contributed by atoms with Crippen LogP contribution >= 0.6 is 0 Å². The summed E-state index contributed by atoms with van der Waals surface area (Å²) >= 11 is 0. The third kappa shape index (κ3) is 2.68. The summed E-state index contributed by atoms with van der Waals surface area (Å²) in [5, 5.41) is 0. The molecule has 0 radical (unpaired) electrons. The fourth-order valence-electron chi connectivity index (χ4n) is 1.82. The molecule has 2 aromatic rings. The number of aryl methyl sites for hydroxylation is 2. The lowest BCUT2D eigenvalue weighted by atomic mass is 10.2. The SMILES string of the molecule is Cc1cc(S(=O)(=O)N(C)Cc2nccn2C)ccc1N. The third-order valence-electron chi connectivity index (χ3n) is 3.23. The number of sulfonamides is 1. The number of nitrogen functional groups attached to an aromatic ring is 1. The van der Waals surface area contributed by atoms with Crippen LogP contribution in [-0.2, 0) is 23.6 Å². The average molecular weight is 294 g/mol. The van der Waals surface area contributed by atoms with Gasteiger partial charge in [-0.2, -0.15) is 4.31 Å². The molecule has 0 bridgehead atoms. The first-order valence-electron chi connectivity index (χ1n) is 6.11. The lowest BCUT2D eigenvalue weighted by Crippen LogP contribution is -2.27. The van der Waals surface area contributed by atoms with Gasteiger partial charge >= 0.3 is 0 Å². The van der Waals surface area contributed by atoms with Gasteiger partial charge in [0.05, 0.1) is 11.4 Å². The Morgan fingerprint density at radius 2 is 2.10 bits per heavy atom. The Bertz CT molecular complexity index is 722. The van der Waals surface area contributed by atoms with Gasteiger partial charge in [-0.25, -0.2) is 13.4 Å². The van der Waals surface area contributed by atoms with Crippen LogP contribution in [0.2, 0.25) is 0 Å². The second-order valence-corrected chi connectivity index (χ2v) is 6.78. The first-order valence-corrected chi connectivity index (χ1v) is 7.55. The van der Waals surface area contributed by atoms with Gasteiger partial charge in [-0.05, 0) is 30.7 Å². The molecule has 0 saturated heterocycles. The van der Waals surface area contributed by atoms with Crippen LogP contribution in [0.3, 0.4) is 0 Å². The van der Waals surface area contributed by atoms with Crippen LogP contribution in [-0.4, -0.2) is 29.3 Å². The van der Waals surface area contributed by atoms with Crippen molar-refractivity contribution >= 4 is 15.7 Å². The average Bonchev–Trinajstić information content (AvgIpc) is 2.78. The molecule has 0 aliphatic carbocycles. The normalized spacial score (nSPS) is 12.0. The van der Waals surface area contributed by atoms with Crippen molar-refractivity contribution < 1.29 is 8.42 Å². The Morgan fingerprint density at radius 3 is 2.65 bits per heavy atom. The molecule has 0 fully saturated rings. The quantitative estimate of drug-likeness (QED) is 0.857. The maximum Gasteiger partial charge on any atom is 0.243 e. The molecule has 20 heavy (non-hydrogen) atoms. The largest absolute Gasteiger partial charge is 0.399 e. The Labute approximate surface area is 118 Å². The van der Waals surface area contributed by atoms with Crippen LogP contribution in [0.25, 0.3) is 0 Å². The van der Waals surface area contributed by atoms with E-state index in [4.69, 9.17) is 5.73 Å². The van der Waals surface area contributed by atoms with E-state index < -0.39 is 10.0 Å². The molecule has 108 valence electrons. The highest BCUT2D eigenvalue weighted by molar-refractivity contribution is 7.89. The van der Waals surface area contributed by atoms with E-state index in [1.54, 1.807) is 36.0 Å². The molecule has 6 nitrogen and oxygen atoms in total. The van der Waals surface area contributed by atoms with Gasteiger partial charge in [0.1, 0.15) is 5.82 Å². The molecule has 0 amide bonds. The summed E-state index contributed by atoms with van der Waals surface area (Å²) in [6.07, 6.45) is 3.42. The van der Waals surface area contributed by atoms with Crippen LogP contribution in [0.4, 0.5) is 5.69 Å². The minimum absolute atomic E-state index is 0.218. The van der Waals surface area contributed by atoms with Crippen molar-refractivity contribution in [3.8, 4) is 0 Å². The van der Waals surface area contributed by atoms with Crippen LogP contribution in [0.15, 0.2) is 35.5 Å². The number of rotatable bonds is 4. The Balaban J connectivity index is 2.29. The minimum atomic E-state index is -3.55. The van der Waals surface area contributed by atoms with Gasteiger partial charge < -0.3 is 10.3 Å². The second kappa shape index (κ2) is 5.26. The Hall–Kier alpha value is -1.86. The second-order valence-electron chi connectivity index (χ2n) is 4.73. The van der Waals surface area contributed by atoms with Gasteiger partial charge in [0, 0.05) is 32.2 Å². The number of anilines is 1. The number of nitrogens with zero attached hydrogens (tertiary/aromatic N) is 3. The first-order chi connectivity index (χ1) is 9.32. The van der Waals surface area contributed by atoms with E-state index in [1.165, 1.54) is 17.4 Å². The van der Waals surface area contributed by atoms with Crippen LogP contribution in [0, 0.1) is 6.92 Å². The smallest absolute Gasteiger partial charge is 0.243 e. The summed E-state index contributed by atoms with van der Waals surface area (Å²) in [6, 6.07) is 4.71. The highest BCUT2D eigenvalue weighted by Crippen LogP contribution is 2.20. The first kappa shape index (κ1) is 14.5. The molecule has 2 rings (SSSR count). The van der Waals surface area contributed by atoms with E-state index in [2.05, 4.69) is 4.98 Å². The van der Waals surface area contributed by atoms with Crippen molar-refractivity contribution in [2.75, 3.05) is 12.8 Å². The summed E-state index contributed by atoms with van der Waals surface area (Å²) < 4.78 is 28.0. The molecular weight excluding hydrogens is 276 g/mol. The van der Waals surface area contributed by atoms with E-state index in [0.29, 0.717) is 11.5 Å². The molecule has 0 aliphatic rings. The summed E-state index contributed by atoms with van der Waals surface area (Å²) in [7, 11) is -0.180. The van der Waals surface area contributed by atoms with E-state index in [9.17, 15) is 8.42 Å². The fourth-order valence-corrected chi connectivity index (χ4v) is 3.03. The van der Waals surface area contributed by atoms with Crippen LogP contribution < -0.4 is 5.73 Å². The predicted molar refractivity (Wildman–Crippen MR) is 77.5 cm³/mol. The molecule has 2 N–H and O–H groups in total. The summed E-state index contributed by atoms with van der Waals surface area (Å²) in [5.41, 5.74) is 7.04. The van der Waals surface area contributed by atoms with E-state index in [0.717, 1.165) is 5.56 Å². The molecule has 1 aromatic carbocycles. The van der Waals surface area contributed by atoms with Gasteiger partial charge in [-0.15, -0.1) is 0 Å². The van der Waals surface area contributed by atoms with Gasteiger partial charge in [0.25, 0.3) is 0 Å². The third-order valence-corrected chi connectivity index (χ3v) is 5.03. The summed E-state index contributed by atoms with van der Waals surface area (Å²) in [6.45, 7) is 2.00. The molecule has 0 aliphatic heterocycles. The van der Waals surface area contributed by atoms with Crippen LogP contribution in [0.5, 0.6) is 0 Å². The Morgan fingerprint density at radius 1 is 1.40 bits per heavy atom. The molecule has 0 atom stereocenters. The molecular formula is C13H18N4O2S. The van der Waals surface area contributed by atoms with Gasteiger partial charge in [0.15, 0.2) is 0 Å². The molecule has 7 heteroatoms. The zero-order valence-corrected chi connectivity index (χ0v) is 12.6. The standard InChI is InChI=1S/C13H18N4O2S/c1-10-8-11(4-5-12(10)14)20(18,19)17(3)9-13-15-6-7-16(13)2/h4-8H,9,14H2,1-3H3. The van der Waals surface area contributed by atoms with Crippen LogP contribution in [0.1, 0.15) is 11.4 Å². The summed E-state index contributed by atoms with van der Waals surface area (Å²) in [4.78, 5) is 4.37. The fraction of sp³-hybridized carbons (Fsp3) is 0.308. The van der Waals surface area contributed by atoms with Crippen molar-refractivity contribution in [1.29, 1.82) is 0 Å². The monoisotopic (exact) mass is 294 g/mol. The molecule has 1 aromatic heterocycles. The van der Waals surface area contributed by atoms with E-state index in [1.807, 2.05) is 7.05 Å². The minimum Gasteiger partial charge on any atom is -0.399 e. The van der Waals surface area contributed by atoms with Gasteiger partial charge in [-0.1, -0.05) is 0 Å². The summed E-state index contributed by atoms with van der Waals surface area (Å²) in [5.74, 6) is 0.684. The highest BCUT2D eigenvalue weighted by atomic mass is 32.2. The van der Waals surface area contributed by atoms with Crippen molar-refractivity contribution in [3.63, 3.8) is 0 Å². The van der Waals surface area contributed by atoms with Crippen molar-refractivity contribution in [1.82, 2.24) is 13.9 Å². The number of nitrogens with two attached hydrogens (primary N) is 1. The molecule has 0 saturated carbocycles. The van der Waals surface area contributed by atoms with Crippen molar-refractivity contribution in [3.05, 3.63) is 42.0 Å². The number of aromatic nitrogens is 2. The molecule has 0 spiro atoms. The van der Waals surface area contributed by atoms with Crippen molar-refractivity contribution in [2.45, 2.75) is 18.4 Å². The highest BCUT2D eigenvalue weighted by Gasteiger charge is 2.22.